The second-order valence-electron chi connectivity index (χ2n) is 5.58. The Kier molecular flexibility index (Phi) is 4.62. The van der Waals surface area contributed by atoms with Crippen LogP contribution in [0, 0.1) is 5.92 Å². The van der Waals surface area contributed by atoms with E-state index < -0.39 is 0 Å². The van der Waals surface area contributed by atoms with Gasteiger partial charge in [0, 0.05) is 25.2 Å². The SMILES string of the molecule is CN(CCOCC1CC1)C1CCCC(N)C1. The molecule has 2 rings (SSSR count). The molecule has 2 aliphatic carbocycles. The van der Waals surface area contributed by atoms with E-state index in [0.717, 1.165) is 25.7 Å². The smallest absolute Gasteiger partial charge is 0.0593 e. The third-order valence-corrected chi connectivity index (χ3v) is 3.95. The van der Waals surface area contributed by atoms with Crippen LogP contribution in [0.25, 0.3) is 0 Å². The Bertz CT molecular complexity index is 206. The van der Waals surface area contributed by atoms with Gasteiger partial charge in [-0.3, -0.25) is 0 Å². The van der Waals surface area contributed by atoms with E-state index in [1.54, 1.807) is 0 Å². The van der Waals surface area contributed by atoms with Gasteiger partial charge in [-0.1, -0.05) is 6.42 Å². The predicted molar refractivity (Wildman–Crippen MR) is 66.4 cm³/mol. The van der Waals surface area contributed by atoms with Crippen molar-refractivity contribution in [3.63, 3.8) is 0 Å². The standard InChI is InChI=1S/C13H26N2O/c1-15(7-8-16-10-11-5-6-11)13-4-2-3-12(14)9-13/h11-13H,2-10,14H2,1H3. The fraction of sp³-hybridized carbons (Fsp3) is 1.00. The van der Waals surface area contributed by atoms with Gasteiger partial charge in [-0.2, -0.15) is 0 Å². The van der Waals surface area contributed by atoms with Gasteiger partial charge >= 0.3 is 0 Å². The summed E-state index contributed by atoms with van der Waals surface area (Å²) in [6.45, 7) is 2.93. The molecule has 0 heterocycles. The molecule has 2 saturated carbocycles. The van der Waals surface area contributed by atoms with Gasteiger partial charge in [0.05, 0.1) is 6.61 Å². The van der Waals surface area contributed by atoms with Crippen LogP contribution in [-0.4, -0.2) is 43.8 Å². The topological polar surface area (TPSA) is 38.5 Å². The molecule has 3 heteroatoms. The summed E-state index contributed by atoms with van der Waals surface area (Å²) < 4.78 is 5.67. The van der Waals surface area contributed by atoms with Crippen molar-refractivity contribution >= 4 is 0 Å². The molecule has 0 spiro atoms. The van der Waals surface area contributed by atoms with Crippen molar-refractivity contribution in [3.8, 4) is 0 Å². The maximum absolute atomic E-state index is 6.01. The minimum absolute atomic E-state index is 0.425. The summed E-state index contributed by atoms with van der Waals surface area (Å²) in [6, 6.07) is 1.11. The van der Waals surface area contributed by atoms with Gasteiger partial charge in [0.15, 0.2) is 0 Å². The number of likely N-dealkylation sites (N-methyl/N-ethyl adjacent to an activating group) is 1. The van der Waals surface area contributed by atoms with Crippen molar-refractivity contribution in [2.45, 2.75) is 50.6 Å². The van der Waals surface area contributed by atoms with Crippen molar-refractivity contribution in [3.05, 3.63) is 0 Å². The lowest BCUT2D eigenvalue weighted by atomic mass is 9.91. The highest BCUT2D eigenvalue weighted by atomic mass is 16.5. The molecule has 2 atom stereocenters. The molecule has 2 N–H and O–H groups in total. The number of nitrogens with zero attached hydrogens (tertiary/aromatic N) is 1. The molecule has 2 fully saturated rings. The van der Waals surface area contributed by atoms with E-state index in [-0.39, 0.29) is 0 Å². The van der Waals surface area contributed by atoms with Crippen molar-refractivity contribution in [1.82, 2.24) is 4.90 Å². The summed E-state index contributed by atoms with van der Waals surface area (Å²) in [4.78, 5) is 2.44. The van der Waals surface area contributed by atoms with E-state index in [1.165, 1.54) is 38.5 Å². The van der Waals surface area contributed by atoms with E-state index in [9.17, 15) is 0 Å². The van der Waals surface area contributed by atoms with E-state index in [4.69, 9.17) is 10.5 Å². The van der Waals surface area contributed by atoms with Crippen LogP contribution in [0.15, 0.2) is 0 Å². The highest BCUT2D eigenvalue weighted by molar-refractivity contribution is 4.80. The van der Waals surface area contributed by atoms with Crippen molar-refractivity contribution in [2.75, 3.05) is 26.8 Å². The number of ether oxygens (including phenoxy) is 1. The zero-order valence-corrected chi connectivity index (χ0v) is 10.5. The van der Waals surface area contributed by atoms with Gasteiger partial charge < -0.3 is 15.4 Å². The van der Waals surface area contributed by atoms with Crippen LogP contribution in [0.2, 0.25) is 0 Å². The Morgan fingerprint density at radius 3 is 2.75 bits per heavy atom. The number of hydrogen-bond donors (Lipinski definition) is 1. The maximum atomic E-state index is 6.01. The third-order valence-electron chi connectivity index (χ3n) is 3.95. The molecule has 0 aliphatic heterocycles. The minimum atomic E-state index is 0.425. The predicted octanol–water partition coefficient (Wildman–Crippen LogP) is 1.61. The largest absolute Gasteiger partial charge is 0.380 e. The molecule has 0 aromatic rings. The second kappa shape index (κ2) is 5.99. The second-order valence-corrected chi connectivity index (χ2v) is 5.58. The molecule has 16 heavy (non-hydrogen) atoms. The summed E-state index contributed by atoms with van der Waals surface area (Å²) in [5, 5.41) is 0. The molecular weight excluding hydrogens is 200 g/mol. The summed E-state index contributed by atoms with van der Waals surface area (Å²) in [5.74, 6) is 0.883. The molecule has 3 nitrogen and oxygen atoms in total. The fourth-order valence-electron chi connectivity index (χ4n) is 2.53. The molecule has 0 aromatic carbocycles. The molecule has 94 valence electrons. The minimum Gasteiger partial charge on any atom is -0.380 e. The zero-order valence-electron chi connectivity index (χ0n) is 10.5. The molecule has 0 aromatic heterocycles. The van der Waals surface area contributed by atoms with Crippen molar-refractivity contribution < 1.29 is 4.74 Å². The average Bonchev–Trinajstić information content (AvgIpc) is 3.08. The van der Waals surface area contributed by atoms with Crippen LogP contribution < -0.4 is 5.73 Å². The monoisotopic (exact) mass is 226 g/mol. The van der Waals surface area contributed by atoms with Crippen LogP contribution in [0.5, 0.6) is 0 Å². The lowest BCUT2D eigenvalue weighted by molar-refractivity contribution is 0.0820. The van der Waals surface area contributed by atoms with Gasteiger partial charge in [0.25, 0.3) is 0 Å². The third kappa shape index (κ3) is 4.04. The summed E-state index contributed by atoms with van der Waals surface area (Å²) in [6.07, 6.45) is 7.74. The zero-order chi connectivity index (χ0) is 11.4. The quantitative estimate of drug-likeness (QED) is 0.699. The van der Waals surface area contributed by atoms with Crippen molar-refractivity contribution in [1.29, 1.82) is 0 Å². The molecular formula is C13H26N2O. The molecule has 0 saturated heterocycles. The summed E-state index contributed by atoms with van der Waals surface area (Å²) in [7, 11) is 2.21. The van der Waals surface area contributed by atoms with Crippen LogP contribution in [-0.2, 0) is 4.74 Å². The van der Waals surface area contributed by atoms with Crippen LogP contribution >= 0.6 is 0 Å². The summed E-state index contributed by atoms with van der Waals surface area (Å²) >= 11 is 0. The molecule has 2 aliphatic rings. The van der Waals surface area contributed by atoms with Gasteiger partial charge in [0.2, 0.25) is 0 Å². The number of hydrogen-bond acceptors (Lipinski definition) is 3. The Hall–Kier alpha value is -0.120. The van der Waals surface area contributed by atoms with Gasteiger partial charge in [-0.15, -0.1) is 0 Å². The van der Waals surface area contributed by atoms with Crippen molar-refractivity contribution in [2.24, 2.45) is 11.7 Å². The normalized spacial score (nSPS) is 30.9. The Morgan fingerprint density at radius 2 is 2.06 bits per heavy atom. The van der Waals surface area contributed by atoms with E-state index in [1.807, 2.05) is 0 Å². The number of nitrogens with two attached hydrogens (primary N) is 1. The Balaban J connectivity index is 1.56. The van der Waals surface area contributed by atoms with Gasteiger partial charge in [-0.25, -0.2) is 0 Å². The molecule has 0 bridgehead atoms. The first-order valence-corrected chi connectivity index (χ1v) is 6.79. The van der Waals surface area contributed by atoms with Crippen LogP contribution in [0.3, 0.4) is 0 Å². The van der Waals surface area contributed by atoms with Crippen LogP contribution in [0.4, 0.5) is 0 Å². The Labute approximate surface area is 99.3 Å². The van der Waals surface area contributed by atoms with Crippen LogP contribution in [0.1, 0.15) is 38.5 Å². The van der Waals surface area contributed by atoms with Gasteiger partial charge in [-0.05, 0) is 45.1 Å². The maximum Gasteiger partial charge on any atom is 0.0593 e. The first kappa shape index (κ1) is 12.3. The first-order valence-electron chi connectivity index (χ1n) is 6.79. The fourth-order valence-corrected chi connectivity index (χ4v) is 2.53. The first-order chi connectivity index (χ1) is 7.75. The average molecular weight is 226 g/mol. The van der Waals surface area contributed by atoms with E-state index in [0.29, 0.717) is 12.1 Å². The highest BCUT2D eigenvalue weighted by Gasteiger charge is 2.23. The molecule has 0 radical (unpaired) electrons. The van der Waals surface area contributed by atoms with E-state index >= 15 is 0 Å². The lowest BCUT2D eigenvalue weighted by Gasteiger charge is -2.33. The highest BCUT2D eigenvalue weighted by Crippen LogP contribution is 2.28. The van der Waals surface area contributed by atoms with Gasteiger partial charge in [0.1, 0.15) is 0 Å². The number of rotatable bonds is 6. The molecule has 0 amide bonds. The summed E-state index contributed by atoms with van der Waals surface area (Å²) in [5.41, 5.74) is 6.01. The lowest BCUT2D eigenvalue weighted by Crippen LogP contribution is -2.41. The Morgan fingerprint density at radius 1 is 1.25 bits per heavy atom. The van der Waals surface area contributed by atoms with E-state index in [2.05, 4.69) is 11.9 Å². The molecule has 2 unspecified atom stereocenters.